The van der Waals surface area contributed by atoms with Gasteiger partial charge in [0.2, 0.25) is 5.91 Å². The minimum absolute atomic E-state index is 0.165. The molecular formula is C19H20ClN2O3+. The summed E-state index contributed by atoms with van der Waals surface area (Å²) < 4.78 is 5.14. The summed E-state index contributed by atoms with van der Waals surface area (Å²) in [7, 11) is 1.64. The van der Waals surface area contributed by atoms with E-state index in [1.807, 2.05) is 29.6 Å². The molecule has 1 fully saturated rings. The summed E-state index contributed by atoms with van der Waals surface area (Å²) >= 11 is 5.86. The van der Waals surface area contributed by atoms with Gasteiger partial charge in [-0.3, -0.25) is 9.59 Å². The number of hydrogen-bond donors (Lipinski definition) is 1. The zero-order valence-corrected chi connectivity index (χ0v) is 14.7. The largest absolute Gasteiger partial charge is 0.497 e. The van der Waals surface area contributed by atoms with E-state index in [9.17, 15) is 9.59 Å². The van der Waals surface area contributed by atoms with Gasteiger partial charge in [-0.05, 0) is 42.0 Å². The van der Waals surface area contributed by atoms with Crippen LogP contribution in [-0.2, 0) is 16.0 Å². The summed E-state index contributed by atoms with van der Waals surface area (Å²) in [5, 5.41) is 2.52. The van der Waals surface area contributed by atoms with E-state index in [-0.39, 0.29) is 24.3 Å². The standard InChI is InChI=1S/C19H19ClN2O3/c1-25-16-8-2-13(3-9-16)10-11-21-17-12-18(23)22(19(17)24)15-6-4-14(20)5-7-15/h2-9,17,21H,10-12H2,1H3/p+1/t17-/m0/s1. The molecule has 0 saturated carbocycles. The highest BCUT2D eigenvalue weighted by molar-refractivity contribution is 6.30. The minimum atomic E-state index is -0.360. The van der Waals surface area contributed by atoms with Crippen molar-refractivity contribution in [3.63, 3.8) is 0 Å². The average molecular weight is 360 g/mol. The van der Waals surface area contributed by atoms with Crippen LogP contribution in [0.1, 0.15) is 12.0 Å². The van der Waals surface area contributed by atoms with Crippen molar-refractivity contribution < 1.29 is 19.6 Å². The molecule has 0 bridgehead atoms. The SMILES string of the molecule is COc1ccc(CC[NH2+][C@H]2CC(=O)N(c3ccc(Cl)cc3)C2=O)cc1. The number of anilines is 1. The number of halogens is 1. The Balaban J connectivity index is 1.57. The first-order chi connectivity index (χ1) is 12.1. The normalized spacial score (nSPS) is 17.2. The smallest absolute Gasteiger partial charge is 0.292 e. The fraction of sp³-hybridized carbons (Fsp3) is 0.263. The summed E-state index contributed by atoms with van der Waals surface area (Å²) in [4.78, 5) is 26.0. The van der Waals surface area contributed by atoms with Crippen LogP contribution < -0.4 is 15.0 Å². The quantitative estimate of drug-likeness (QED) is 0.800. The molecule has 1 saturated heterocycles. The van der Waals surface area contributed by atoms with Crippen molar-refractivity contribution >= 4 is 29.1 Å². The second-order valence-electron chi connectivity index (χ2n) is 5.98. The van der Waals surface area contributed by atoms with Gasteiger partial charge in [-0.15, -0.1) is 0 Å². The summed E-state index contributed by atoms with van der Waals surface area (Å²) in [6.45, 7) is 0.741. The van der Waals surface area contributed by atoms with Crippen molar-refractivity contribution in [1.82, 2.24) is 0 Å². The van der Waals surface area contributed by atoms with Crippen LogP contribution >= 0.6 is 11.6 Å². The first-order valence-corrected chi connectivity index (χ1v) is 8.55. The van der Waals surface area contributed by atoms with Gasteiger partial charge >= 0.3 is 0 Å². The third-order valence-electron chi connectivity index (χ3n) is 4.31. The Morgan fingerprint density at radius 1 is 1.12 bits per heavy atom. The van der Waals surface area contributed by atoms with Crippen LogP contribution in [0.15, 0.2) is 48.5 Å². The van der Waals surface area contributed by atoms with Crippen LogP contribution in [0.3, 0.4) is 0 Å². The first kappa shape index (κ1) is 17.5. The molecule has 1 aliphatic rings. The summed E-state index contributed by atoms with van der Waals surface area (Å²) in [5.74, 6) is 0.489. The Morgan fingerprint density at radius 3 is 2.44 bits per heavy atom. The lowest BCUT2D eigenvalue weighted by atomic mass is 10.1. The Hall–Kier alpha value is -2.37. The lowest BCUT2D eigenvalue weighted by molar-refractivity contribution is -0.674. The third kappa shape index (κ3) is 4.00. The molecule has 0 spiro atoms. The zero-order chi connectivity index (χ0) is 17.8. The molecule has 2 aromatic carbocycles. The van der Waals surface area contributed by atoms with Crippen LogP contribution in [0.4, 0.5) is 5.69 Å². The van der Waals surface area contributed by atoms with E-state index < -0.39 is 0 Å². The molecular weight excluding hydrogens is 340 g/mol. The number of nitrogens with zero attached hydrogens (tertiary/aromatic N) is 1. The van der Waals surface area contributed by atoms with E-state index in [2.05, 4.69) is 0 Å². The van der Waals surface area contributed by atoms with Gasteiger partial charge in [-0.1, -0.05) is 23.7 Å². The van der Waals surface area contributed by atoms with Crippen molar-refractivity contribution in [3.8, 4) is 5.75 Å². The lowest BCUT2D eigenvalue weighted by Crippen LogP contribution is -2.92. The monoisotopic (exact) mass is 359 g/mol. The maximum atomic E-state index is 12.6. The van der Waals surface area contributed by atoms with Gasteiger partial charge in [0, 0.05) is 11.4 Å². The number of amides is 2. The average Bonchev–Trinajstić information content (AvgIpc) is 2.90. The highest BCUT2D eigenvalue weighted by atomic mass is 35.5. The second-order valence-corrected chi connectivity index (χ2v) is 6.41. The van der Waals surface area contributed by atoms with Crippen molar-refractivity contribution in [2.24, 2.45) is 0 Å². The van der Waals surface area contributed by atoms with Crippen molar-refractivity contribution in [2.75, 3.05) is 18.6 Å². The van der Waals surface area contributed by atoms with Gasteiger partial charge in [-0.2, -0.15) is 0 Å². The zero-order valence-electron chi connectivity index (χ0n) is 13.9. The van der Waals surface area contributed by atoms with Crippen LogP contribution in [0.25, 0.3) is 0 Å². The molecule has 1 atom stereocenters. The topological polar surface area (TPSA) is 63.2 Å². The number of hydrogen-bond acceptors (Lipinski definition) is 3. The maximum absolute atomic E-state index is 12.6. The van der Waals surface area contributed by atoms with E-state index in [4.69, 9.17) is 16.3 Å². The Bertz CT molecular complexity index is 759. The number of imide groups is 1. The van der Waals surface area contributed by atoms with Gasteiger partial charge < -0.3 is 10.1 Å². The maximum Gasteiger partial charge on any atom is 0.292 e. The van der Waals surface area contributed by atoms with Crippen LogP contribution in [0, 0.1) is 0 Å². The van der Waals surface area contributed by atoms with Crippen LogP contribution in [0.2, 0.25) is 5.02 Å². The Labute approximate surface area is 151 Å². The number of methoxy groups -OCH3 is 1. The van der Waals surface area contributed by atoms with Crippen molar-refractivity contribution in [3.05, 3.63) is 59.1 Å². The number of carbonyl (C=O) groups is 2. The Kier molecular flexibility index (Phi) is 5.36. The van der Waals surface area contributed by atoms with Gasteiger partial charge in [0.05, 0.1) is 25.8 Å². The molecule has 1 aliphatic heterocycles. The van der Waals surface area contributed by atoms with E-state index in [0.29, 0.717) is 10.7 Å². The number of rotatable bonds is 6. The van der Waals surface area contributed by atoms with E-state index >= 15 is 0 Å². The molecule has 0 unspecified atom stereocenters. The van der Waals surface area contributed by atoms with Gasteiger partial charge in [-0.25, -0.2) is 4.90 Å². The van der Waals surface area contributed by atoms with E-state index in [0.717, 1.165) is 18.7 Å². The number of benzene rings is 2. The molecule has 0 radical (unpaired) electrons. The predicted octanol–water partition coefficient (Wildman–Crippen LogP) is 1.79. The Morgan fingerprint density at radius 2 is 1.80 bits per heavy atom. The van der Waals surface area contributed by atoms with E-state index in [1.165, 1.54) is 10.5 Å². The minimum Gasteiger partial charge on any atom is -0.497 e. The van der Waals surface area contributed by atoms with E-state index in [1.54, 1.807) is 31.4 Å². The molecule has 0 aromatic heterocycles. The molecule has 1 heterocycles. The molecule has 3 rings (SSSR count). The molecule has 6 heteroatoms. The fourth-order valence-corrected chi connectivity index (χ4v) is 3.07. The molecule has 130 valence electrons. The number of nitrogens with two attached hydrogens (primary N) is 1. The molecule has 0 aliphatic carbocycles. The summed E-state index contributed by atoms with van der Waals surface area (Å²) in [6.07, 6.45) is 1.05. The van der Waals surface area contributed by atoms with Gasteiger partial charge in [0.15, 0.2) is 6.04 Å². The summed E-state index contributed by atoms with van der Waals surface area (Å²) in [5.41, 5.74) is 1.74. The van der Waals surface area contributed by atoms with Crippen LogP contribution in [-0.4, -0.2) is 31.5 Å². The molecule has 2 N–H and O–H groups in total. The molecule has 2 amide bonds. The molecule has 5 nitrogen and oxygen atoms in total. The third-order valence-corrected chi connectivity index (χ3v) is 4.56. The molecule has 2 aromatic rings. The number of ether oxygens (including phenoxy) is 1. The summed E-state index contributed by atoms with van der Waals surface area (Å²) in [6, 6.07) is 14.2. The molecule has 25 heavy (non-hydrogen) atoms. The lowest BCUT2D eigenvalue weighted by Gasteiger charge is -2.14. The van der Waals surface area contributed by atoms with Crippen molar-refractivity contribution in [2.45, 2.75) is 18.9 Å². The highest BCUT2D eigenvalue weighted by Crippen LogP contribution is 2.23. The number of carbonyl (C=O) groups excluding carboxylic acids is 2. The second kappa shape index (κ2) is 7.68. The number of quaternary nitrogens is 1. The fourth-order valence-electron chi connectivity index (χ4n) is 2.94. The highest BCUT2D eigenvalue weighted by Gasteiger charge is 2.41. The van der Waals surface area contributed by atoms with Crippen LogP contribution in [0.5, 0.6) is 5.75 Å². The van der Waals surface area contributed by atoms with Gasteiger partial charge in [0.25, 0.3) is 5.91 Å². The predicted molar refractivity (Wildman–Crippen MR) is 95.8 cm³/mol. The first-order valence-electron chi connectivity index (χ1n) is 8.17. The van der Waals surface area contributed by atoms with Crippen molar-refractivity contribution in [1.29, 1.82) is 0 Å². The van der Waals surface area contributed by atoms with Gasteiger partial charge in [0.1, 0.15) is 5.75 Å².